The van der Waals surface area contributed by atoms with Crippen LogP contribution < -0.4 is 0 Å². The number of ether oxygens (including phenoxy) is 2. The van der Waals surface area contributed by atoms with Crippen LogP contribution in [0.3, 0.4) is 0 Å². The molecule has 1 aliphatic heterocycles. The second kappa shape index (κ2) is 8.29. The number of rotatable bonds is 2. The molecule has 2 fully saturated rings. The third-order valence-corrected chi connectivity index (χ3v) is 6.38. The number of aromatic nitrogens is 3. The fourth-order valence-corrected chi connectivity index (χ4v) is 4.60. The molecule has 0 aromatic carbocycles. The summed E-state index contributed by atoms with van der Waals surface area (Å²) in [7, 11) is 1.35. The smallest absolute Gasteiger partial charge is 0.409 e. The lowest BCUT2D eigenvalue weighted by atomic mass is 9.80. The maximum atomic E-state index is 13.0. The van der Waals surface area contributed by atoms with Crippen molar-refractivity contribution in [2.24, 2.45) is 5.92 Å². The van der Waals surface area contributed by atoms with Crippen molar-refractivity contribution >= 4 is 11.7 Å². The van der Waals surface area contributed by atoms with Crippen LogP contribution in [0.15, 0.2) is 12.1 Å². The average Bonchev–Trinajstić information content (AvgIpc) is 3.16. The highest BCUT2D eigenvalue weighted by molar-refractivity contribution is 5.68. The van der Waals surface area contributed by atoms with E-state index < -0.39 is 24.3 Å². The number of methoxy groups -OCH3 is 1. The summed E-state index contributed by atoms with van der Waals surface area (Å²) in [5.41, 5.74) is 2.93. The fourth-order valence-electron chi connectivity index (χ4n) is 4.60. The van der Waals surface area contributed by atoms with Crippen molar-refractivity contribution in [1.82, 2.24) is 19.5 Å². The van der Waals surface area contributed by atoms with Crippen molar-refractivity contribution in [3.63, 3.8) is 0 Å². The third kappa shape index (κ3) is 4.35. The summed E-state index contributed by atoms with van der Waals surface area (Å²) in [5, 5.41) is 4.71. The summed E-state index contributed by atoms with van der Waals surface area (Å²) < 4.78 is 51.6. The van der Waals surface area contributed by atoms with E-state index in [0.717, 1.165) is 17.1 Å². The first-order chi connectivity index (χ1) is 14.7. The van der Waals surface area contributed by atoms with Crippen LogP contribution in [-0.2, 0) is 9.47 Å². The molecule has 10 heteroatoms. The number of halogens is 3. The Morgan fingerprint density at radius 1 is 1.23 bits per heavy atom. The number of carbonyl (C=O) groups is 1. The minimum Gasteiger partial charge on any atom is -0.453 e. The van der Waals surface area contributed by atoms with Crippen LogP contribution in [-0.4, -0.2) is 58.1 Å². The van der Waals surface area contributed by atoms with Gasteiger partial charge in [-0.15, -0.1) is 0 Å². The van der Waals surface area contributed by atoms with Gasteiger partial charge >= 0.3 is 12.3 Å². The highest BCUT2D eigenvalue weighted by Crippen LogP contribution is 2.42. The van der Waals surface area contributed by atoms with Gasteiger partial charge in [-0.05, 0) is 45.6 Å². The van der Waals surface area contributed by atoms with Crippen molar-refractivity contribution in [3.05, 3.63) is 29.2 Å². The predicted octanol–water partition coefficient (Wildman–Crippen LogP) is 4.40. The van der Waals surface area contributed by atoms with Gasteiger partial charge in [0, 0.05) is 17.7 Å². The van der Waals surface area contributed by atoms with Gasteiger partial charge in [-0.2, -0.15) is 18.3 Å². The Morgan fingerprint density at radius 3 is 2.58 bits per heavy atom. The third-order valence-electron chi connectivity index (χ3n) is 6.38. The molecule has 1 saturated carbocycles. The van der Waals surface area contributed by atoms with Crippen molar-refractivity contribution in [3.8, 4) is 0 Å². The highest BCUT2D eigenvalue weighted by atomic mass is 19.4. The van der Waals surface area contributed by atoms with Crippen LogP contribution >= 0.6 is 0 Å². The average molecular weight is 440 g/mol. The molecule has 1 aliphatic carbocycles. The molecule has 1 saturated heterocycles. The topological polar surface area (TPSA) is 69.0 Å². The summed E-state index contributed by atoms with van der Waals surface area (Å²) in [4.78, 5) is 18.3. The Balaban J connectivity index is 1.60. The molecule has 4 rings (SSSR count). The summed E-state index contributed by atoms with van der Waals surface area (Å²) in [6, 6.07) is 3.62. The normalized spacial score (nSPS) is 27.5. The molecule has 7 nitrogen and oxygen atoms in total. The van der Waals surface area contributed by atoms with Crippen LogP contribution in [0.5, 0.6) is 0 Å². The lowest BCUT2D eigenvalue weighted by Gasteiger charge is -2.37. The van der Waals surface area contributed by atoms with E-state index in [0.29, 0.717) is 31.6 Å². The van der Waals surface area contributed by atoms with Crippen molar-refractivity contribution in [2.75, 3.05) is 20.3 Å². The zero-order valence-corrected chi connectivity index (χ0v) is 17.9. The SMILES string of the molecule is COC(=O)N1C[C@@H](c2cc(C)nc3cc([C@H]4CC[C@H](C(F)(F)F)CC4)nn23)OC[C@@H]1C. The van der Waals surface area contributed by atoms with Crippen LogP contribution in [0.25, 0.3) is 5.65 Å². The maximum Gasteiger partial charge on any atom is 0.409 e. The second-order valence-corrected chi connectivity index (χ2v) is 8.55. The molecule has 170 valence electrons. The fraction of sp³-hybridized carbons (Fsp3) is 0.667. The van der Waals surface area contributed by atoms with Gasteiger partial charge in [0.05, 0.1) is 43.6 Å². The highest BCUT2D eigenvalue weighted by Gasteiger charge is 2.42. The van der Waals surface area contributed by atoms with E-state index in [4.69, 9.17) is 14.6 Å². The van der Waals surface area contributed by atoms with Gasteiger partial charge in [-0.25, -0.2) is 14.3 Å². The van der Waals surface area contributed by atoms with Crippen molar-refractivity contribution in [1.29, 1.82) is 0 Å². The Bertz CT molecular complexity index is 953. The van der Waals surface area contributed by atoms with Crippen LogP contribution in [0.4, 0.5) is 18.0 Å². The van der Waals surface area contributed by atoms with Gasteiger partial charge in [0.2, 0.25) is 0 Å². The van der Waals surface area contributed by atoms with Crippen LogP contribution in [0.2, 0.25) is 0 Å². The quantitative estimate of drug-likeness (QED) is 0.692. The Kier molecular flexibility index (Phi) is 5.85. The standard InChI is InChI=1S/C21H27F3N4O3/c1-12-8-17(18-10-27(20(29)30-3)13(2)11-31-18)28-19(25-12)9-16(26-28)14-4-6-15(7-5-14)21(22,23)24/h8-9,13-15,18H,4-7,10-11H2,1-3H3/t13-,14-,15-,18-/m0/s1. The molecule has 31 heavy (non-hydrogen) atoms. The Labute approximate surface area is 178 Å². The molecule has 0 N–H and O–H groups in total. The number of carbonyl (C=O) groups excluding carboxylic acids is 1. The van der Waals surface area contributed by atoms with E-state index >= 15 is 0 Å². The number of hydrogen-bond acceptors (Lipinski definition) is 5. The minimum atomic E-state index is -4.13. The van der Waals surface area contributed by atoms with E-state index in [1.165, 1.54) is 7.11 Å². The number of nitrogens with zero attached hydrogens (tertiary/aromatic N) is 4. The largest absolute Gasteiger partial charge is 0.453 e. The van der Waals surface area contributed by atoms with E-state index in [-0.39, 0.29) is 24.8 Å². The van der Waals surface area contributed by atoms with E-state index in [2.05, 4.69) is 4.98 Å². The number of alkyl halides is 3. The number of amides is 1. The molecular weight excluding hydrogens is 413 g/mol. The maximum absolute atomic E-state index is 13.0. The van der Waals surface area contributed by atoms with Crippen molar-refractivity contribution in [2.45, 2.75) is 63.8 Å². The van der Waals surface area contributed by atoms with E-state index in [1.807, 2.05) is 26.0 Å². The minimum absolute atomic E-state index is 0.0210. The molecule has 2 aromatic rings. The molecule has 0 bridgehead atoms. The zero-order chi connectivity index (χ0) is 22.3. The van der Waals surface area contributed by atoms with Crippen LogP contribution in [0.1, 0.15) is 61.7 Å². The first kappa shape index (κ1) is 21.9. The van der Waals surface area contributed by atoms with Gasteiger partial charge in [-0.1, -0.05) is 0 Å². The van der Waals surface area contributed by atoms with Crippen molar-refractivity contribution < 1.29 is 27.4 Å². The second-order valence-electron chi connectivity index (χ2n) is 8.55. The molecule has 0 radical (unpaired) electrons. The van der Waals surface area contributed by atoms with Gasteiger partial charge < -0.3 is 14.4 Å². The first-order valence-electron chi connectivity index (χ1n) is 10.6. The zero-order valence-electron chi connectivity index (χ0n) is 17.9. The van der Waals surface area contributed by atoms with Gasteiger partial charge in [0.25, 0.3) is 0 Å². The molecular formula is C21H27F3N4O3. The molecule has 0 unspecified atom stereocenters. The molecule has 0 spiro atoms. The predicted molar refractivity (Wildman–Crippen MR) is 106 cm³/mol. The van der Waals surface area contributed by atoms with Gasteiger partial charge in [0.1, 0.15) is 6.10 Å². The molecule has 2 atom stereocenters. The van der Waals surface area contributed by atoms with Gasteiger partial charge in [0.15, 0.2) is 5.65 Å². The lowest BCUT2D eigenvalue weighted by molar-refractivity contribution is -0.182. The molecule has 2 aromatic heterocycles. The first-order valence-corrected chi connectivity index (χ1v) is 10.6. The number of hydrogen-bond donors (Lipinski definition) is 0. The van der Waals surface area contributed by atoms with Crippen LogP contribution in [0, 0.1) is 12.8 Å². The molecule has 1 amide bonds. The van der Waals surface area contributed by atoms with E-state index in [9.17, 15) is 18.0 Å². The summed E-state index contributed by atoms with van der Waals surface area (Å²) in [5.74, 6) is -1.24. The monoisotopic (exact) mass is 440 g/mol. The molecule has 3 heterocycles. The number of fused-ring (bicyclic) bond motifs is 1. The molecule has 2 aliphatic rings. The van der Waals surface area contributed by atoms with E-state index in [1.54, 1.807) is 9.42 Å². The van der Waals surface area contributed by atoms with Gasteiger partial charge in [-0.3, -0.25) is 0 Å². The lowest BCUT2D eigenvalue weighted by Crippen LogP contribution is -2.48. The Morgan fingerprint density at radius 2 is 1.94 bits per heavy atom. The number of morpholine rings is 1. The summed E-state index contributed by atoms with van der Waals surface area (Å²) in [6.45, 7) is 4.44. The Hall–Kier alpha value is -2.36. The summed E-state index contributed by atoms with van der Waals surface area (Å²) in [6.07, 6.45) is -3.79. The number of aryl methyl sites for hydroxylation is 1. The summed E-state index contributed by atoms with van der Waals surface area (Å²) >= 11 is 0.